The molecule has 0 saturated carbocycles. The first-order chi connectivity index (χ1) is 7.84. The van der Waals surface area contributed by atoms with Gasteiger partial charge in [-0.1, -0.05) is 6.92 Å². The van der Waals surface area contributed by atoms with Gasteiger partial charge in [0.05, 0.1) is 11.5 Å². The van der Waals surface area contributed by atoms with Crippen molar-refractivity contribution in [2.75, 3.05) is 37.7 Å². The smallest absolute Gasteiger partial charge is 0.153 e. The van der Waals surface area contributed by atoms with Gasteiger partial charge >= 0.3 is 0 Å². The molecule has 0 unspecified atom stereocenters. The van der Waals surface area contributed by atoms with Crippen molar-refractivity contribution in [1.82, 2.24) is 9.80 Å². The van der Waals surface area contributed by atoms with Crippen LogP contribution in [0.1, 0.15) is 27.2 Å². The highest BCUT2D eigenvalue weighted by atomic mass is 32.2. The number of nitrogens with zero attached hydrogens (tertiary/aromatic N) is 2. The van der Waals surface area contributed by atoms with Gasteiger partial charge in [-0.25, -0.2) is 8.42 Å². The Morgan fingerprint density at radius 2 is 1.65 bits per heavy atom. The van der Waals surface area contributed by atoms with Gasteiger partial charge in [0.1, 0.15) is 0 Å². The van der Waals surface area contributed by atoms with Crippen LogP contribution < -0.4 is 0 Å². The molecule has 0 amide bonds. The summed E-state index contributed by atoms with van der Waals surface area (Å²) < 4.78 is 22.3. The molecule has 0 aromatic heterocycles. The zero-order valence-electron chi connectivity index (χ0n) is 11.1. The lowest BCUT2D eigenvalue weighted by atomic mass is 9.98. The fraction of sp³-hybridized carbons (Fsp3) is 1.00. The Hall–Kier alpha value is -0.130. The summed E-state index contributed by atoms with van der Waals surface area (Å²) in [6.45, 7) is 11.0. The van der Waals surface area contributed by atoms with E-state index in [1.54, 1.807) is 0 Å². The van der Waals surface area contributed by atoms with Crippen molar-refractivity contribution < 1.29 is 8.42 Å². The Kier molecular flexibility index (Phi) is 3.54. The molecule has 0 atom stereocenters. The molecule has 0 bridgehead atoms. The third kappa shape index (κ3) is 2.83. The summed E-state index contributed by atoms with van der Waals surface area (Å²) in [5.74, 6) is 0.758. The van der Waals surface area contributed by atoms with Crippen molar-refractivity contribution in [1.29, 1.82) is 0 Å². The molecule has 0 spiro atoms. The predicted octanol–water partition coefficient (Wildman–Crippen LogP) is 0.590. The lowest BCUT2D eigenvalue weighted by Crippen LogP contribution is -2.61. The van der Waals surface area contributed by atoms with Gasteiger partial charge < -0.3 is 0 Å². The summed E-state index contributed by atoms with van der Waals surface area (Å²) in [5, 5.41) is 0. The summed E-state index contributed by atoms with van der Waals surface area (Å²) in [6, 6.07) is 0.298. The Morgan fingerprint density at radius 1 is 1.12 bits per heavy atom. The summed E-state index contributed by atoms with van der Waals surface area (Å²) in [4.78, 5) is 4.87. The molecule has 2 fully saturated rings. The first-order valence-electron chi connectivity index (χ1n) is 6.53. The third-order valence-corrected chi connectivity index (χ3v) is 6.23. The second-order valence-corrected chi connectivity index (χ2v) is 8.07. The van der Waals surface area contributed by atoms with Crippen LogP contribution in [0.25, 0.3) is 0 Å². The lowest BCUT2D eigenvalue weighted by molar-refractivity contribution is 0.0370. The SMILES string of the molecule is CCC(C)(C)N1CCN(C2CS(=O)(=O)C2)CC1. The molecule has 0 aromatic rings. The molecule has 2 rings (SSSR count). The third-order valence-electron chi connectivity index (χ3n) is 4.44. The van der Waals surface area contributed by atoms with Crippen LogP contribution in [-0.4, -0.2) is 67.5 Å². The van der Waals surface area contributed by atoms with E-state index in [1.165, 1.54) is 0 Å². The monoisotopic (exact) mass is 260 g/mol. The van der Waals surface area contributed by atoms with Crippen LogP contribution in [0, 0.1) is 0 Å². The first-order valence-corrected chi connectivity index (χ1v) is 8.36. The lowest BCUT2D eigenvalue weighted by Gasteiger charge is -2.47. The summed E-state index contributed by atoms with van der Waals surface area (Å²) in [6.07, 6.45) is 1.16. The molecular formula is C12H24N2O2S. The van der Waals surface area contributed by atoms with Crippen LogP contribution in [0.15, 0.2) is 0 Å². The molecule has 5 heteroatoms. The number of rotatable bonds is 3. The van der Waals surface area contributed by atoms with Crippen molar-refractivity contribution in [2.24, 2.45) is 0 Å². The minimum absolute atomic E-state index is 0.276. The number of hydrogen-bond donors (Lipinski definition) is 0. The molecular weight excluding hydrogens is 236 g/mol. The van der Waals surface area contributed by atoms with Crippen molar-refractivity contribution in [3.63, 3.8) is 0 Å². The van der Waals surface area contributed by atoms with Crippen LogP contribution >= 0.6 is 0 Å². The van der Waals surface area contributed by atoms with Gasteiger partial charge in [-0.05, 0) is 20.3 Å². The maximum Gasteiger partial charge on any atom is 0.153 e. The number of hydrogen-bond acceptors (Lipinski definition) is 4. The average Bonchev–Trinajstić information content (AvgIpc) is 2.26. The molecule has 17 heavy (non-hydrogen) atoms. The Morgan fingerprint density at radius 3 is 2.06 bits per heavy atom. The van der Waals surface area contributed by atoms with E-state index < -0.39 is 9.84 Å². The molecule has 0 N–H and O–H groups in total. The van der Waals surface area contributed by atoms with Gasteiger partial charge in [-0.2, -0.15) is 0 Å². The Labute approximate surface area is 105 Å². The van der Waals surface area contributed by atoms with Gasteiger partial charge in [-0.3, -0.25) is 9.80 Å². The van der Waals surface area contributed by atoms with E-state index in [9.17, 15) is 8.42 Å². The minimum atomic E-state index is -2.68. The molecule has 0 aromatic carbocycles. The van der Waals surface area contributed by atoms with Crippen molar-refractivity contribution in [2.45, 2.75) is 38.8 Å². The van der Waals surface area contributed by atoms with Crippen LogP contribution in [0.2, 0.25) is 0 Å². The van der Waals surface area contributed by atoms with Crippen LogP contribution in [0.5, 0.6) is 0 Å². The number of sulfone groups is 1. The van der Waals surface area contributed by atoms with Crippen LogP contribution in [0.4, 0.5) is 0 Å². The Bertz CT molecular complexity index is 358. The van der Waals surface area contributed by atoms with Crippen molar-refractivity contribution in [3.05, 3.63) is 0 Å². The van der Waals surface area contributed by atoms with Gasteiger partial charge in [0, 0.05) is 37.8 Å². The fourth-order valence-corrected chi connectivity index (χ4v) is 4.16. The fourth-order valence-electron chi connectivity index (χ4n) is 2.66. The van der Waals surface area contributed by atoms with Crippen molar-refractivity contribution >= 4 is 9.84 Å². The van der Waals surface area contributed by atoms with E-state index in [-0.39, 0.29) is 5.54 Å². The Balaban J connectivity index is 1.83. The standard InChI is InChI=1S/C12H24N2O2S/c1-4-12(2,3)14-7-5-13(6-8-14)11-9-17(15,16)10-11/h11H,4-10H2,1-3H3. The summed E-state index contributed by atoms with van der Waals surface area (Å²) in [7, 11) is -2.68. The predicted molar refractivity (Wildman–Crippen MR) is 70.0 cm³/mol. The molecule has 0 aliphatic carbocycles. The minimum Gasteiger partial charge on any atom is -0.296 e. The molecule has 4 nitrogen and oxygen atoms in total. The zero-order valence-corrected chi connectivity index (χ0v) is 12.0. The van der Waals surface area contributed by atoms with Gasteiger partial charge in [0.25, 0.3) is 0 Å². The average molecular weight is 260 g/mol. The van der Waals surface area contributed by atoms with E-state index in [1.807, 2.05) is 0 Å². The highest BCUT2D eigenvalue weighted by Crippen LogP contribution is 2.23. The molecule has 0 radical (unpaired) electrons. The van der Waals surface area contributed by atoms with E-state index in [4.69, 9.17) is 0 Å². The maximum atomic E-state index is 11.2. The molecule has 2 saturated heterocycles. The van der Waals surface area contributed by atoms with E-state index in [0.29, 0.717) is 17.5 Å². The van der Waals surface area contributed by atoms with E-state index >= 15 is 0 Å². The van der Waals surface area contributed by atoms with Gasteiger partial charge in [0.2, 0.25) is 0 Å². The van der Waals surface area contributed by atoms with Gasteiger partial charge in [0.15, 0.2) is 9.84 Å². The van der Waals surface area contributed by atoms with Crippen LogP contribution in [-0.2, 0) is 9.84 Å². The summed E-state index contributed by atoms with van der Waals surface area (Å²) in [5.41, 5.74) is 0.276. The molecule has 2 heterocycles. The van der Waals surface area contributed by atoms with Gasteiger partial charge in [-0.15, -0.1) is 0 Å². The van der Waals surface area contributed by atoms with Crippen LogP contribution in [0.3, 0.4) is 0 Å². The van der Waals surface area contributed by atoms with E-state index in [2.05, 4.69) is 30.6 Å². The highest BCUT2D eigenvalue weighted by molar-refractivity contribution is 7.92. The normalized spacial score (nSPS) is 27.9. The first kappa shape index (κ1) is 13.3. The van der Waals surface area contributed by atoms with E-state index in [0.717, 1.165) is 32.6 Å². The number of piperazine rings is 1. The maximum absolute atomic E-state index is 11.2. The topological polar surface area (TPSA) is 40.6 Å². The summed E-state index contributed by atoms with van der Waals surface area (Å²) >= 11 is 0. The quantitative estimate of drug-likeness (QED) is 0.745. The largest absolute Gasteiger partial charge is 0.296 e. The second-order valence-electron chi connectivity index (χ2n) is 5.92. The molecule has 2 aliphatic rings. The second kappa shape index (κ2) is 4.52. The molecule has 100 valence electrons. The highest BCUT2D eigenvalue weighted by Gasteiger charge is 2.39. The molecule has 2 aliphatic heterocycles. The zero-order chi connectivity index (χ0) is 12.7. The van der Waals surface area contributed by atoms with Crippen molar-refractivity contribution in [3.8, 4) is 0 Å².